The van der Waals surface area contributed by atoms with Crippen molar-refractivity contribution in [3.63, 3.8) is 0 Å². The van der Waals surface area contributed by atoms with Crippen molar-refractivity contribution in [3.05, 3.63) is 64.7 Å². The lowest BCUT2D eigenvalue weighted by Crippen LogP contribution is -2.39. The molecule has 1 heterocycles. The van der Waals surface area contributed by atoms with Gasteiger partial charge in [-0.05, 0) is 37.6 Å². The van der Waals surface area contributed by atoms with Crippen LogP contribution in [0.15, 0.2) is 48.5 Å². The van der Waals surface area contributed by atoms with Crippen molar-refractivity contribution in [2.45, 2.75) is 38.5 Å². The number of nitrogens with one attached hydrogen (secondary N) is 1. The van der Waals surface area contributed by atoms with E-state index >= 15 is 0 Å². The molecule has 0 spiro atoms. The first-order valence-electron chi connectivity index (χ1n) is 7.29. The van der Waals surface area contributed by atoms with E-state index in [1.807, 2.05) is 24.3 Å². The fourth-order valence-electron chi connectivity index (χ4n) is 2.83. The van der Waals surface area contributed by atoms with Gasteiger partial charge in [0.15, 0.2) is 0 Å². The van der Waals surface area contributed by atoms with Gasteiger partial charge in [-0.15, -0.1) is 0 Å². The Morgan fingerprint density at radius 1 is 1.14 bits per heavy atom. The van der Waals surface area contributed by atoms with E-state index in [1.165, 1.54) is 11.1 Å². The average molecular weight is 302 g/mol. The Bertz CT molecular complexity index is 621. The predicted octanol–water partition coefficient (Wildman–Crippen LogP) is 4.73. The zero-order valence-electron chi connectivity index (χ0n) is 12.4. The highest BCUT2D eigenvalue weighted by Gasteiger charge is 2.33. The molecule has 3 heteroatoms. The number of hydrogen-bond acceptors (Lipinski definition) is 2. The van der Waals surface area contributed by atoms with Crippen molar-refractivity contribution >= 4 is 11.6 Å². The van der Waals surface area contributed by atoms with Crippen LogP contribution in [0.3, 0.4) is 0 Å². The van der Waals surface area contributed by atoms with Gasteiger partial charge in [0.1, 0.15) is 11.4 Å². The van der Waals surface area contributed by atoms with Gasteiger partial charge in [0.05, 0.1) is 0 Å². The molecule has 2 aromatic rings. The van der Waals surface area contributed by atoms with E-state index in [0.29, 0.717) is 6.04 Å². The molecule has 1 aliphatic rings. The predicted molar refractivity (Wildman–Crippen MR) is 86.8 cm³/mol. The zero-order chi connectivity index (χ0) is 14.9. The Kier molecular flexibility index (Phi) is 3.92. The van der Waals surface area contributed by atoms with Crippen LogP contribution in [-0.2, 0) is 6.54 Å². The van der Waals surface area contributed by atoms with E-state index in [4.69, 9.17) is 16.3 Å². The first kappa shape index (κ1) is 14.4. The highest BCUT2D eigenvalue weighted by atomic mass is 35.5. The Labute approximate surface area is 131 Å². The van der Waals surface area contributed by atoms with E-state index in [9.17, 15) is 0 Å². The lowest BCUT2D eigenvalue weighted by Gasteiger charge is -2.38. The Morgan fingerprint density at radius 3 is 2.62 bits per heavy atom. The number of benzene rings is 2. The second-order valence-electron chi connectivity index (χ2n) is 6.16. The SMILES string of the molecule is CC1(C)CC(NCc2ccc(Cl)cc2)c2ccccc2O1. The number of halogens is 1. The summed E-state index contributed by atoms with van der Waals surface area (Å²) in [5, 5.41) is 4.42. The van der Waals surface area contributed by atoms with Gasteiger partial charge in [0.25, 0.3) is 0 Å². The van der Waals surface area contributed by atoms with Crippen LogP contribution < -0.4 is 10.1 Å². The third-order valence-corrected chi connectivity index (χ3v) is 4.09. The minimum absolute atomic E-state index is 0.147. The Morgan fingerprint density at radius 2 is 1.86 bits per heavy atom. The van der Waals surface area contributed by atoms with Crippen molar-refractivity contribution in [3.8, 4) is 5.75 Å². The van der Waals surface area contributed by atoms with Gasteiger partial charge in [-0.2, -0.15) is 0 Å². The van der Waals surface area contributed by atoms with Crippen molar-refractivity contribution in [1.29, 1.82) is 0 Å². The van der Waals surface area contributed by atoms with E-state index in [1.54, 1.807) is 0 Å². The lowest BCUT2D eigenvalue weighted by atomic mass is 9.89. The van der Waals surface area contributed by atoms with Crippen molar-refractivity contribution in [1.82, 2.24) is 5.32 Å². The molecule has 0 aliphatic carbocycles. The summed E-state index contributed by atoms with van der Waals surface area (Å²) in [7, 11) is 0. The van der Waals surface area contributed by atoms with Crippen LogP contribution in [0.1, 0.15) is 37.4 Å². The van der Waals surface area contributed by atoms with E-state index in [2.05, 4.69) is 43.4 Å². The maximum Gasteiger partial charge on any atom is 0.124 e. The maximum atomic E-state index is 6.06. The molecule has 2 aromatic carbocycles. The normalized spacial score (nSPS) is 19.7. The lowest BCUT2D eigenvalue weighted by molar-refractivity contribution is 0.0657. The monoisotopic (exact) mass is 301 g/mol. The molecule has 0 aromatic heterocycles. The molecule has 2 nitrogen and oxygen atoms in total. The minimum Gasteiger partial charge on any atom is -0.487 e. The number of ether oxygens (including phenoxy) is 1. The number of rotatable bonds is 3. The van der Waals surface area contributed by atoms with E-state index in [-0.39, 0.29) is 5.60 Å². The fourth-order valence-corrected chi connectivity index (χ4v) is 2.95. The van der Waals surface area contributed by atoms with Crippen LogP contribution in [0.5, 0.6) is 5.75 Å². The summed E-state index contributed by atoms with van der Waals surface area (Å²) in [6.45, 7) is 5.10. The Hall–Kier alpha value is -1.51. The molecule has 1 atom stereocenters. The summed E-state index contributed by atoms with van der Waals surface area (Å²) in [6, 6.07) is 16.6. The topological polar surface area (TPSA) is 21.3 Å². The van der Waals surface area contributed by atoms with Gasteiger partial charge in [-0.25, -0.2) is 0 Å². The van der Waals surface area contributed by atoms with Gasteiger partial charge in [-0.3, -0.25) is 0 Å². The summed E-state index contributed by atoms with van der Waals surface area (Å²) in [5.74, 6) is 0.988. The van der Waals surface area contributed by atoms with Gasteiger partial charge in [0.2, 0.25) is 0 Å². The summed E-state index contributed by atoms with van der Waals surface area (Å²) < 4.78 is 6.06. The van der Waals surface area contributed by atoms with Crippen LogP contribution in [-0.4, -0.2) is 5.60 Å². The molecule has 3 rings (SSSR count). The van der Waals surface area contributed by atoms with Gasteiger partial charge in [0, 0.05) is 29.6 Å². The third kappa shape index (κ3) is 3.39. The minimum atomic E-state index is -0.147. The molecule has 1 N–H and O–H groups in total. The third-order valence-electron chi connectivity index (χ3n) is 3.84. The highest BCUT2D eigenvalue weighted by molar-refractivity contribution is 6.30. The molecule has 0 fully saturated rings. The molecule has 1 aliphatic heterocycles. The summed E-state index contributed by atoms with van der Waals surface area (Å²) >= 11 is 5.93. The van der Waals surface area contributed by atoms with Crippen molar-refractivity contribution < 1.29 is 4.74 Å². The molecule has 0 saturated heterocycles. The maximum absolute atomic E-state index is 6.06. The quantitative estimate of drug-likeness (QED) is 0.884. The fraction of sp³-hybridized carbons (Fsp3) is 0.333. The summed E-state index contributed by atoms with van der Waals surface area (Å²) in [5.41, 5.74) is 2.33. The summed E-state index contributed by atoms with van der Waals surface area (Å²) in [4.78, 5) is 0. The molecule has 110 valence electrons. The van der Waals surface area contributed by atoms with Gasteiger partial charge < -0.3 is 10.1 Å². The smallest absolute Gasteiger partial charge is 0.124 e. The molecule has 0 bridgehead atoms. The first-order valence-corrected chi connectivity index (χ1v) is 7.67. The molecular formula is C18H20ClNO. The van der Waals surface area contributed by atoms with Crippen LogP contribution in [0.2, 0.25) is 5.02 Å². The van der Waals surface area contributed by atoms with E-state index < -0.39 is 0 Å². The molecule has 0 saturated carbocycles. The zero-order valence-corrected chi connectivity index (χ0v) is 13.2. The van der Waals surface area contributed by atoms with Gasteiger partial charge in [-0.1, -0.05) is 41.9 Å². The van der Waals surface area contributed by atoms with Crippen LogP contribution in [0.4, 0.5) is 0 Å². The second kappa shape index (κ2) is 5.70. The summed E-state index contributed by atoms with van der Waals surface area (Å²) in [6.07, 6.45) is 0.956. The van der Waals surface area contributed by atoms with Crippen molar-refractivity contribution in [2.24, 2.45) is 0 Å². The highest BCUT2D eigenvalue weighted by Crippen LogP contribution is 2.39. The number of hydrogen-bond donors (Lipinski definition) is 1. The van der Waals surface area contributed by atoms with Crippen molar-refractivity contribution in [2.75, 3.05) is 0 Å². The van der Waals surface area contributed by atoms with E-state index in [0.717, 1.165) is 23.7 Å². The number of fused-ring (bicyclic) bond motifs is 1. The Balaban J connectivity index is 1.77. The number of para-hydroxylation sites is 1. The second-order valence-corrected chi connectivity index (χ2v) is 6.60. The first-order chi connectivity index (χ1) is 10.0. The van der Waals surface area contributed by atoms with Crippen LogP contribution in [0, 0.1) is 0 Å². The van der Waals surface area contributed by atoms with Crippen LogP contribution in [0.25, 0.3) is 0 Å². The average Bonchev–Trinajstić information content (AvgIpc) is 2.45. The molecule has 0 amide bonds. The molecule has 1 unspecified atom stereocenters. The molecule has 0 radical (unpaired) electrons. The molecule has 21 heavy (non-hydrogen) atoms. The standard InChI is InChI=1S/C18H20ClNO/c1-18(2)11-16(15-5-3-4-6-17(15)21-18)20-12-13-7-9-14(19)10-8-13/h3-10,16,20H,11-12H2,1-2H3. The largest absolute Gasteiger partial charge is 0.487 e. The molecular weight excluding hydrogens is 282 g/mol. The van der Waals surface area contributed by atoms with Crippen LogP contribution >= 0.6 is 11.6 Å². The van der Waals surface area contributed by atoms with Gasteiger partial charge >= 0.3 is 0 Å².